The van der Waals surface area contributed by atoms with Gasteiger partial charge >= 0.3 is 0 Å². The zero-order valence-electron chi connectivity index (χ0n) is 9.48. The van der Waals surface area contributed by atoms with E-state index in [0.29, 0.717) is 16.9 Å². The number of hydrogen-bond acceptors (Lipinski definition) is 1. The highest BCUT2D eigenvalue weighted by Crippen LogP contribution is 2.62. The normalized spacial score (nSPS) is 24.3. The monoisotopic (exact) mass is 181 g/mol. The Kier molecular flexibility index (Phi) is 2.86. The molecule has 0 unspecified atom stereocenters. The Morgan fingerprint density at radius 3 is 2.15 bits per heavy atom. The third kappa shape index (κ3) is 1.80. The van der Waals surface area contributed by atoms with Crippen LogP contribution in [-0.4, -0.2) is 12.6 Å². The predicted octanol–water partition coefficient (Wildman–Crippen LogP) is 2.98. The van der Waals surface area contributed by atoms with E-state index in [2.05, 4.69) is 39.6 Å². The van der Waals surface area contributed by atoms with Crippen LogP contribution in [0, 0.1) is 10.8 Å². The molecule has 1 aliphatic carbocycles. The molecule has 0 amide bonds. The lowest BCUT2D eigenvalue weighted by molar-refractivity contribution is 0.457. The van der Waals surface area contributed by atoms with Crippen LogP contribution in [-0.2, 0) is 0 Å². The minimum atomic E-state index is 0.473. The van der Waals surface area contributed by atoms with Crippen LogP contribution < -0.4 is 5.32 Å². The third-order valence-corrected chi connectivity index (χ3v) is 3.95. The molecule has 1 saturated carbocycles. The van der Waals surface area contributed by atoms with Crippen molar-refractivity contribution in [2.24, 2.45) is 10.8 Å². The van der Waals surface area contributed by atoms with Gasteiger partial charge < -0.3 is 5.32 Å². The first-order chi connectivity index (χ1) is 5.94. The summed E-state index contributed by atoms with van der Waals surface area (Å²) >= 11 is 0. The van der Waals surface area contributed by atoms with Crippen molar-refractivity contribution < 1.29 is 0 Å². The Balaban J connectivity index is 2.22. The number of allylic oxidation sites excluding steroid dienone is 1. The highest BCUT2D eigenvalue weighted by atomic mass is 15.0. The van der Waals surface area contributed by atoms with E-state index < -0.39 is 0 Å². The molecular formula is C12H23N. The van der Waals surface area contributed by atoms with Gasteiger partial charge in [-0.1, -0.05) is 33.8 Å². The van der Waals surface area contributed by atoms with Crippen LogP contribution in [0.3, 0.4) is 0 Å². The number of unbranched alkanes of at least 4 members (excludes halogenated alkanes) is 1. The van der Waals surface area contributed by atoms with Crippen LogP contribution in [0.5, 0.6) is 0 Å². The van der Waals surface area contributed by atoms with Gasteiger partial charge in [0.05, 0.1) is 0 Å². The molecule has 0 aromatic rings. The van der Waals surface area contributed by atoms with E-state index in [0.717, 1.165) is 13.0 Å². The van der Waals surface area contributed by atoms with Gasteiger partial charge in [-0.05, 0) is 30.2 Å². The van der Waals surface area contributed by atoms with Gasteiger partial charge in [0, 0.05) is 6.04 Å². The SMILES string of the molecule is C=CCCCNC1C(C)(C)C1(C)C. The van der Waals surface area contributed by atoms with Gasteiger partial charge in [-0.25, -0.2) is 0 Å². The lowest BCUT2D eigenvalue weighted by Gasteiger charge is -2.04. The summed E-state index contributed by atoms with van der Waals surface area (Å²) in [7, 11) is 0. The number of nitrogens with one attached hydrogen (secondary N) is 1. The summed E-state index contributed by atoms with van der Waals surface area (Å²) in [6.07, 6.45) is 4.33. The summed E-state index contributed by atoms with van der Waals surface area (Å²) in [6, 6.07) is 0.699. The molecular weight excluding hydrogens is 158 g/mol. The highest BCUT2D eigenvalue weighted by Gasteiger charge is 2.64. The molecule has 1 fully saturated rings. The fourth-order valence-electron chi connectivity index (χ4n) is 2.20. The molecule has 1 heteroatoms. The summed E-state index contributed by atoms with van der Waals surface area (Å²) in [4.78, 5) is 0. The molecule has 0 aliphatic heterocycles. The van der Waals surface area contributed by atoms with Crippen molar-refractivity contribution in [2.75, 3.05) is 6.54 Å². The third-order valence-electron chi connectivity index (χ3n) is 3.95. The second-order valence-corrected chi connectivity index (χ2v) is 5.26. The molecule has 0 aromatic heterocycles. The van der Waals surface area contributed by atoms with Gasteiger partial charge in [0.1, 0.15) is 0 Å². The fraction of sp³-hybridized carbons (Fsp3) is 0.833. The van der Waals surface area contributed by atoms with Crippen molar-refractivity contribution in [1.29, 1.82) is 0 Å². The standard InChI is InChI=1S/C12H23N/c1-6-7-8-9-13-10-11(2,3)12(10,4)5/h6,10,13H,1,7-9H2,2-5H3. The molecule has 0 aromatic carbocycles. The first kappa shape index (κ1) is 10.8. The lowest BCUT2D eigenvalue weighted by atomic mass is 10.0. The van der Waals surface area contributed by atoms with Gasteiger partial charge in [0.25, 0.3) is 0 Å². The molecule has 1 aliphatic rings. The van der Waals surface area contributed by atoms with Crippen LogP contribution in [0.25, 0.3) is 0 Å². The Bertz CT molecular complexity index is 177. The molecule has 0 saturated heterocycles. The van der Waals surface area contributed by atoms with Gasteiger partial charge in [-0.15, -0.1) is 6.58 Å². The maximum Gasteiger partial charge on any atom is 0.0181 e. The topological polar surface area (TPSA) is 12.0 Å². The molecule has 0 bridgehead atoms. The lowest BCUT2D eigenvalue weighted by Crippen LogP contribution is -2.23. The minimum absolute atomic E-state index is 0.473. The smallest absolute Gasteiger partial charge is 0.0181 e. The van der Waals surface area contributed by atoms with Crippen molar-refractivity contribution in [1.82, 2.24) is 5.32 Å². The van der Waals surface area contributed by atoms with Crippen molar-refractivity contribution in [2.45, 2.75) is 46.6 Å². The van der Waals surface area contributed by atoms with Crippen LogP contribution in [0.2, 0.25) is 0 Å². The molecule has 0 heterocycles. The van der Waals surface area contributed by atoms with Gasteiger partial charge in [-0.3, -0.25) is 0 Å². The van der Waals surface area contributed by atoms with Gasteiger partial charge in [0.2, 0.25) is 0 Å². The van der Waals surface area contributed by atoms with E-state index in [1.165, 1.54) is 6.42 Å². The van der Waals surface area contributed by atoms with Crippen molar-refractivity contribution in [3.63, 3.8) is 0 Å². The predicted molar refractivity (Wildman–Crippen MR) is 58.8 cm³/mol. The van der Waals surface area contributed by atoms with E-state index in [1.54, 1.807) is 0 Å². The van der Waals surface area contributed by atoms with Crippen LogP contribution in [0.1, 0.15) is 40.5 Å². The van der Waals surface area contributed by atoms with Crippen LogP contribution >= 0.6 is 0 Å². The Morgan fingerprint density at radius 1 is 1.23 bits per heavy atom. The summed E-state index contributed by atoms with van der Waals surface area (Å²) in [5.74, 6) is 0. The maximum atomic E-state index is 3.72. The van der Waals surface area contributed by atoms with E-state index in [1.807, 2.05) is 6.08 Å². The fourth-order valence-corrected chi connectivity index (χ4v) is 2.20. The largest absolute Gasteiger partial charge is 0.313 e. The summed E-state index contributed by atoms with van der Waals surface area (Å²) in [5.41, 5.74) is 0.947. The molecule has 76 valence electrons. The second kappa shape index (κ2) is 3.45. The number of rotatable bonds is 5. The summed E-state index contributed by atoms with van der Waals surface area (Å²) in [6.45, 7) is 14.2. The average molecular weight is 181 g/mol. The number of hydrogen-bond donors (Lipinski definition) is 1. The first-order valence-electron chi connectivity index (χ1n) is 5.29. The van der Waals surface area contributed by atoms with E-state index in [9.17, 15) is 0 Å². The molecule has 1 N–H and O–H groups in total. The zero-order chi connectivity index (χ0) is 10.1. The second-order valence-electron chi connectivity index (χ2n) is 5.26. The van der Waals surface area contributed by atoms with E-state index in [4.69, 9.17) is 0 Å². The molecule has 0 radical (unpaired) electrons. The Morgan fingerprint density at radius 2 is 1.77 bits per heavy atom. The van der Waals surface area contributed by atoms with E-state index >= 15 is 0 Å². The quantitative estimate of drug-likeness (QED) is 0.508. The van der Waals surface area contributed by atoms with E-state index in [-0.39, 0.29) is 0 Å². The van der Waals surface area contributed by atoms with Gasteiger partial charge in [-0.2, -0.15) is 0 Å². The van der Waals surface area contributed by atoms with Crippen LogP contribution in [0.15, 0.2) is 12.7 Å². The highest BCUT2D eigenvalue weighted by molar-refractivity contribution is 5.17. The van der Waals surface area contributed by atoms with Crippen LogP contribution in [0.4, 0.5) is 0 Å². The minimum Gasteiger partial charge on any atom is -0.313 e. The van der Waals surface area contributed by atoms with Crippen molar-refractivity contribution in [3.05, 3.63) is 12.7 Å². The Hall–Kier alpha value is -0.300. The first-order valence-corrected chi connectivity index (χ1v) is 5.29. The maximum absolute atomic E-state index is 3.72. The molecule has 13 heavy (non-hydrogen) atoms. The summed E-state index contributed by atoms with van der Waals surface area (Å²) < 4.78 is 0. The van der Waals surface area contributed by atoms with Crippen molar-refractivity contribution >= 4 is 0 Å². The van der Waals surface area contributed by atoms with Gasteiger partial charge in [0.15, 0.2) is 0 Å². The molecule has 1 nitrogen and oxygen atoms in total. The summed E-state index contributed by atoms with van der Waals surface area (Å²) in [5, 5.41) is 3.62. The zero-order valence-corrected chi connectivity index (χ0v) is 9.48. The molecule has 0 atom stereocenters. The Labute approximate surface area is 82.6 Å². The molecule has 1 rings (SSSR count). The average Bonchev–Trinajstić information content (AvgIpc) is 2.39. The van der Waals surface area contributed by atoms with Crippen molar-refractivity contribution in [3.8, 4) is 0 Å². The molecule has 0 spiro atoms.